The molecule has 1 heterocycles. The molecule has 0 saturated heterocycles. The molecular formula is C15H17N3O3. The van der Waals surface area contributed by atoms with E-state index >= 15 is 0 Å². The standard InChI is InChI=1S/C15H17N3O3/c1-2-21-14(12-7-4-3-5-8-12)11-17-15-13(18(19)20)9-6-10-16-15/h3-10,14H,2,11H2,1H3,(H,16,17). The number of benzene rings is 1. The van der Waals surface area contributed by atoms with Gasteiger partial charge >= 0.3 is 5.69 Å². The molecule has 0 bridgehead atoms. The van der Waals surface area contributed by atoms with Crippen LogP contribution in [0.15, 0.2) is 48.7 Å². The molecule has 0 spiro atoms. The number of anilines is 1. The fraction of sp³-hybridized carbons (Fsp3) is 0.267. The lowest BCUT2D eigenvalue weighted by Gasteiger charge is -2.18. The maximum atomic E-state index is 11.0. The molecule has 1 unspecified atom stereocenters. The van der Waals surface area contributed by atoms with E-state index in [1.54, 1.807) is 6.07 Å². The highest BCUT2D eigenvalue weighted by Gasteiger charge is 2.16. The number of hydrogen-bond acceptors (Lipinski definition) is 5. The van der Waals surface area contributed by atoms with E-state index in [9.17, 15) is 10.1 Å². The Balaban J connectivity index is 2.11. The van der Waals surface area contributed by atoms with Crippen molar-refractivity contribution >= 4 is 11.5 Å². The lowest BCUT2D eigenvalue weighted by Crippen LogP contribution is -2.17. The van der Waals surface area contributed by atoms with E-state index in [0.717, 1.165) is 5.56 Å². The number of rotatable bonds is 7. The number of nitrogens with zero attached hydrogens (tertiary/aromatic N) is 2. The van der Waals surface area contributed by atoms with Crippen LogP contribution in [0.1, 0.15) is 18.6 Å². The number of pyridine rings is 1. The Morgan fingerprint density at radius 2 is 2.05 bits per heavy atom. The van der Waals surface area contributed by atoms with Gasteiger partial charge in [-0.1, -0.05) is 30.3 Å². The summed E-state index contributed by atoms with van der Waals surface area (Å²) in [6.45, 7) is 2.89. The van der Waals surface area contributed by atoms with Crippen molar-refractivity contribution in [3.05, 3.63) is 64.3 Å². The van der Waals surface area contributed by atoms with Crippen LogP contribution < -0.4 is 5.32 Å². The summed E-state index contributed by atoms with van der Waals surface area (Å²) in [4.78, 5) is 14.5. The van der Waals surface area contributed by atoms with Gasteiger partial charge in [0.15, 0.2) is 0 Å². The number of hydrogen-bond donors (Lipinski definition) is 1. The molecule has 1 aromatic carbocycles. The first-order chi connectivity index (χ1) is 10.2. The summed E-state index contributed by atoms with van der Waals surface area (Å²) in [5, 5.41) is 14.0. The Bertz CT molecular complexity index is 590. The first-order valence-corrected chi connectivity index (χ1v) is 6.72. The first-order valence-electron chi connectivity index (χ1n) is 6.72. The topological polar surface area (TPSA) is 77.3 Å². The molecule has 2 aromatic rings. The van der Waals surface area contributed by atoms with Crippen LogP contribution >= 0.6 is 0 Å². The molecule has 0 aliphatic heterocycles. The van der Waals surface area contributed by atoms with E-state index in [0.29, 0.717) is 13.2 Å². The summed E-state index contributed by atoms with van der Waals surface area (Å²) in [5.74, 6) is 0.253. The molecule has 0 aliphatic rings. The van der Waals surface area contributed by atoms with Gasteiger partial charge in [0.1, 0.15) is 0 Å². The minimum absolute atomic E-state index is 0.0409. The van der Waals surface area contributed by atoms with Crippen LogP contribution in [0, 0.1) is 10.1 Å². The monoisotopic (exact) mass is 287 g/mol. The Kier molecular flexibility index (Phi) is 5.22. The van der Waals surface area contributed by atoms with E-state index in [1.165, 1.54) is 12.3 Å². The molecule has 0 amide bonds. The van der Waals surface area contributed by atoms with Crippen molar-refractivity contribution in [2.24, 2.45) is 0 Å². The van der Waals surface area contributed by atoms with Gasteiger partial charge < -0.3 is 10.1 Å². The lowest BCUT2D eigenvalue weighted by atomic mass is 10.1. The van der Waals surface area contributed by atoms with Crippen molar-refractivity contribution < 1.29 is 9.66 Å². The second-order valence-electron chi connectivity index (χ2n) is 4.36. The van der Waals surface area contributed by atoms with Crippen LogP contribution in [-0.2, 0) is 4.74 Å². The fourth-order valence-corrected chi connectivity index (χ4v) is 2.01. The lowest BCUT2D eigenvalue weighted by molar-refractivity contribution is -0.384. The smallest absolute Gasteiger partial charge is 0.311 e. The minimum atomic E-state index is -0.451. The SMILES string of the molecule is CCOC(CNc1ncccc1[N+](=O)[O-])c1ccccc1. The van der Waals surface area contributed by atoms with E-state index in [-0.39, 0.29) is 17.6 Å². The molecule has 0 fully saturated rings. The highest BCUT2D eigenvalue weighted by atomic mass is 16.6. The number of nitrogens with one attached hydrogen (secondary N) is 1. The van der Waals surface area contributed by atoms with Crippen LogP contribution in [0.4, 0.5) is 11.5 Å². The van der Waals surface area contributed by atoms with Gasteiger partial charge in [0.05, 0.1) is 11.0 Å². The first kappa shape index (κ1) is 14.9. The third kappa shape index (κ3) is 4.00. The largest absolute Gasteiger partial charge is 0.372 e. The summed E-state index contributed by atoms with van der Waals surface area (Å²) in [5.41, 5.74) is 0.978. The van der Waals surface area contributed by atoms with Gasteiger partial charge in [0.2, 0.25) is 5.82 Å². The second-order valence-corrected chi connectivity index (χ2v) is 4.36. The van der Waals surface area contributed by atoms with Gasteiger partial charge in [-0.05, 0) is 18.6 Å². The van der Waals surface area contributed by atoms with Gasteiger partial charge in [0, 0.05) is 25.4 Å². The predicted molar refractivity (Wildman–Crippen MR) is 80.2 cm³/mol. The normalized spacial score (nSPS) is 11.9. The van der Waals surface area contributed by atoms with Gasteiger partial charge in [-0.2, -0.15) is 0 Å². The van der Waals surface area contributed by atoms with E-state index in [1.807, 2.05) is 37.3 Å². The molecule has 0 saturated carbocycles. The Hall–Kier alpha value is -2.47. The highest BCUT2D eigenvalue weighted by Crippen LogP contribution is 2.23. The van der Waals surface area contributed by atoms with Gasteiger partial charge in [-0.15, -0.1) is 0 Å². The summed E-state index contributed by atoms with van der Waals surface area (Å²) in [7, 11) is 0. The van der Waals surface area contributed by atoms with Crippen molar-refractivity contribution in [3.8, 4) is 0 Å². The summed E-state index contributed by atoms with van der Waals surface area (Å²) in [6.07, 6.45) is 1.34. The number of nitro groups is 1. The summed E-state index contributed by atoms with van der Waals surface area (Å²) in [6, 6.07) is 12.7. The Labute approximate surface area is 122 Å². The van der Waals surface area contributed by atoms with Crippen LogP contribution in [0.25, 0.3) is 0 Å². The average Bonchev–Trinajstić information content (AvgIpc) is 2.52. The van der Waals surface area contributed by atoms with Crippen LogP contribution in [0.5, 0.6) is 0 Å². The summed E-state index contributed by atoms with van der Waals surface area (Å²) >= 11 is 0. The number of aromatic nitrogens is 1. The van der Waals surface area contributed by atoms with E-state index in [4.69, 9.17) is 4.74 Å². The third-order valence-electron chi connectivity index (χ3n) is 2.98. The molecule has 6 nitrogen and oxygen atoms in total. The molecule has 1 N–H and O–H groups in total. The maximum Gasteiger partial charge on any atom is 0.311 e. The van der Waals surface area contributed by atoms with Crippen molar-refractivity contribution in [3.63, 3.8) is 0 Å². The van der Waals surface area contributed by atoms with Crippen LogP contribution in [-0.4, -0.2) is 23.1 Å². The van der Waals surface area contributed by atoms with Crippen LogP contribution in [0.2, 0.25) is 0 Å². The third-order valence-corrected chi connectivity index (χ3v) is 2.98. The van der Waals surface area contributed by atoms with Crippen molar-refractivity contribution in [2.45, 2.75) is 13.0 Å². The Morgan fingerprint density at radius 1 is 1.29 bits per heavy atom. The van der Waals surface area contributed by atoms with Crippen molar-refractivity contribution in [2.75, 3.05) is 18.5 Å². The molecule has 0 radical (unpaired) electrons. The minimum Gasteiger partial charge on any atom is -0.372 e. The molecule has 1 aromatic heterocycles. The van der Waals surface area contributed by atoms with Crippen molar-refractivity contribution in [1.29, 1.82) is 0 Å². The molecule has 21 heavy (non-hydrogen) atoms. The van der Waals surface area contributed by atoms with Gasteiger partial charge in [-0.25, -0.2) is 4.98 Å². The van der Waals surface area contributed by atoms with E-state index < -0.39 is 4.92 Å². The van der Waals surface area contributed by atoms with Crippen molar-refractivity contribution in [1.82, 2.24) is 4.98 Å². The molecule has 6 heteroatoms. The van der Waals surface area contributed by atoms with E-state index in [2.05, 4.69) is 10.3 Å². The molecule has 0 aliphatic carbocycles. The highest BCUT2D eigenvalue weighted by molar-refractivity contribution is 5.55. The average molecular weight is 287 g/mol. The fourth-order valence-electron chi connectivity index (χ4n) is 2.01. The predicted octanol–water partition coefficient (Wildman–Crippen LogP) is 3.18. The number of ether oxygens (including phenoxy) is 1. The van der Waals surface area contributed by atoms with Gasteiger partial charge in [-0.3, -0.25) is 10.1 Å². The quantitative estimate of drug-likeness (QED) is 0.625. The Morgan fingerprint density at radius 3 is 2.71 bits per heavy atom. The van der Waals surface area contributed by atoms with Gasteiger partial charge in [0.25, 0.3) is 0 Å². The zero-order valence-electron chi connectivity index (χ0n) is 11.7. The molecule has 1 atom stereocenters. The summed E-state index contributed by atoms with van der Waals surface area (Å²) < 4.78 is 5.69. The van der Waals surface area contributed by atoms with Crippen LogP contribution in [0.3, 0.4) is 0 Å². The molecular weight excluding hydrogens is 270 g/mol. The maximum absolute atomic E-state index is 11.0. The second kappa shape index (κ2) is 7.35. The molecule has 2 rings (SSSR count). The zero-order chi connectivity index (χ0) is 15.1. The zero-order valence-corrected chi connectivity index (χ0v) is 11.7. The molecule has 110 valence electrons.